The highest BCUT2D eigenvalue weighted by atomic mass is 16.2. The van der Waals surface area contributed by atoms with Crippen LogP contribution in [-0.4, -0.2) is 27.6 Å². The second kappa shape index (κ2) is 5.26. The maximum atomic E-state index is 12.7. The number of nitrogens with zero attached hydrogens (tertiary/aromatic N) is 4. The van der Waals surface area contributed by atoms with E-state index in [2.05, 4.69) is 22.1 Å². The van der Waals surface area contributed by atoms with Crippen LogP contribution in [0.3, 0.4) is 0 Å². The van der Waals surface area contributed by atoms with Gasteiger partial charge in [0, 0.05) is 19.5 Å². The minimum atomic E-state index is -0.285. The van der Waals surface area contributed by atoms with E-state index < -0.39 is 0 Å². The van der Waals surface area contributed by atoms with Gasteiger partial charge in [-0.05, 0) is 30.0 Å². The molecule has 1 aliphatic rings. The normalized spacial score (nSPS) is 12.6. The second-order valence-corrected chi connectivity index (χ2v) is 5.96. The molecule has 6 nitrogen and oxygen atoms in total. The maximum absolute atomic E-state index is 12.7. The molecule has 0 bridgehead atoms. The average molecular weight is 320 g/mol. The van der Waals surface area contributed by atoms with Crippen LogP contribution in [0.25, 0.3) is 22.3 Å². The van der Waals surface area contributed by atoms with Crippen LogP contribution in [0.15, 0.2) is 41.5 Å². The van der Waals surface area contributed by atoms with Crippen LogP contribution in [-0.2, 0) is 17.6 Å². The summed E-state index contributed by atoms with van der Waals surface area (Å²) in [5.74, 6) is -0.238. The number of fused-ring (bicyclic) bond motifs is 4. The Balaban J connectivity index is 1.96. The van der Waals surface area contributed by atoms with Gasteiger partial charge in [0.05, 0.1) is 11.1 Å². The minimum absolute atomic E-state index is 0.238. The first-order valence-corrected chi connectivity index (χ1v) is 7.80. The van der Waals surface area contributed by atoms with Gasteiger partial charge in [-0.3, -0.25) is 9.59 Å². The molecule has 1 aliphatic carbocycles. The molecule has 120 valence electrons. The smallest absolute Gasteiger partial charge is 0.273 e. The van der Waals surface area contributed by atoms with Gasteiger partial charge in [0.25, 0.3) is 5.56 Å². The van der Waals surface area contributed by atoms with Crippen molar-refractivity contribution in [2.24, 2.45) is 0 Å². The molecule has 0 radical (unpaired) electrons. The summed E-state index contributed by atoms with van der Waals surface area (Å²) in [6.07, 6.45) is 3.12. The molecule has 0 saturated heterocycles. The van der Waals surface area contributed by atoms with E-state index >= 15 is 0 Å². The van der Waals surface area contributed by atoms with Crippen LogP contribution in [0.4, 0.5) is 0 Å². The highest BCUT2D eigenvalue weighted by Crippen LogP contribution is 2.32. The number of carbonyl (C=O) groups excluding carboxylic acids is 1. The van der Waals surface area contributed by atoms with Crippen LogP contribution >= 0.6 is 0 Å². The largest absolute Gasteiger partial charge is 0.281 e. The predicted molar refractivity (Wildman–Crippen MR) is 91.5 cm³/mol. The lowest BCUT2D eigenvalue weighted by Crippen LogP contribution is -2.42. The highest BCUT2D eigenvalue weighted by Gasteiger charge is 2.20. The van der Waals surface area contributed by atoms with Gasteiger partial charge in [0.1, 0.15) is 6.33 Å². The van der Waals surface area contributed by atoms with E-state index in [-0.39, 0.29) is 11.5 Å². The molecule has 0 fully saturated rings. The van der Waals surface area contributed by atoms with Crippen molar-refractivity contribution in [2.75, 3.05) is 12.1 Å². The van der Waals surface area contributed by atoms with Gasteiger partial charge in [0.15, 0.2) is 5.65 Å². The van der Waals surface area contributed by atoms with Gasteiger partial charge in [-0.25, -0.2) is 19.7 Å². The molecule has 0 aliphatic heterocycles. The predicted octanol–water partition coefficient (Wildman–Crippen LogP) is 1.67. The first-order chi connectivity index (χ1) is 11.6. The van der Waals surface area contributed by atoms with E-state index in [1.54, 1.807) is 7.05 Å². The third-order valence-corrected chi connectivity index (χ3v) is 4.52. The summed E-state index contributed by atoms with van der Waals surface area (Å²) in [4.78, 5) is 33.1. The molecule has 24 heavy (non-hydrogen) atoms. The monoisotopic (exact) mass is 320 g/mol. The van der Waals surface area contributed by atoms with Crippen LogP contribution in [0.1, 0.15) is 18.1 Å². The lowest BCUT2D eigenvalue weighted by Gasteiger charge is -2.20. The Hall–Kier alpha value is -3.02. The Morgan fingerprint density at radius 1 is 1.21 bits per heavy atom. The third-order valence-electron chi connectivity index (χ3n) is 4.52. The van der Waals surface area contributed by atoms with Crippen molar-refractivity contribution >= 4 is 16.9 Å². The lowest BCUT2D eigenvalue weighted by molar-refractivity contribution is -0.117. The Kier molecular flexibility index (Phi) is 3.19. The quantitative estimate of drug-likeness (QED) is 0.684. The number of hydrogen-bond acceptors (Lipinski definition) is 4. The minimum Gasteiger partial charge on any atom is -0.273 e. The van der Waals surface area contributed by atoms with Crippen LogP contribution in [0.5, 0.6) is 0 Å². The molecule has 1 aromatic carbocycles. The molecule has 0 N–H and O–H groups in total. The molecule has 2 heterocycles. The standard InChI is InChI=1S/C18H16N4O2/c1-11(23)21(2)22-10-19-17-15(18(22)24)9-13-8-7-12-5-3-4-6-14(12)16(13)20-17/h3-6,9-10H,7-8H2,1-2H3. The fraction of sp³-hybridized carbons (Fsp3) is 0.222. The van der Waals surface area contributed by atoms with Gasteiger partial charge < -0.3 is 0 Å². The summed E-state index contributed by atoms with van der Waals surface area (Å²) in [5.41, 5.74) is 4.43. The Labute approximate surface area is 138 Å². The van der Waals surface area contributed by atoms with Gasteiger partial charge in [-0.1, -0.05) is 24.3 Å². The number of aryl methyl sites for hydroxylation is 2. The first kappa shape index (κ1) is 14.6. The molecule has 0 unspecified atom stereocenters. The molecule has 0 spiro atoms. The zero-order chi connectivity index (χ0) is 16.8. The second-order valence-electron chi connectivity index (χ2n) is 5.96. The number of pyridine rings is 1. The number of benzene rings is 1. The molecule has 3 aromatic rings. The number of amides is 1. The zero-order valence-corrected chi connectivity index (χ0v) is 13.5. The van der Waals surface area contributed by atoms with Crippen molar-refractivity contribution in [3.8, 4) is 11.3 Å². The number of carbonyl (C=O) groups is 1. The summed E-state index contributed by atoms with van der Waals surface area (Å²) in [6, 6.07) is 10.0. The maximum Gasteiger partial charge on any atom is 0.281 e. The van der Waals surface area contributed by atoms with Crippen molar-refractivity contribution in [3.05, 3.63) is 58.1 Å². The van der Waals surface area contributed by atoms with E-state index in [0.29, 0.717) is 11.0 Å². The van der Waals surface area contributed by atoms with E-state index in [1.165, 1.54) is 28.5 Å². The molecule has 0 saturated carbocycles. The molecule has 1 amide bonds. The van der Waals surface area contributed by atoms with Crippen LogP contribution in [0.2, 0.25) is 0 Å². The first-order valence-electron chi connectivity index (χ1n) is 7.80. The fourth-order valence-electron chi connectivity index (χ4n) is 3.11. The Morgan fingerprint density at radius 3 is 2.75 bits per heavy atom. The van der Waals surface area contributed by atoms with E-state index in [1.807, 2.05) is 18.2 Å². The van der Waals surface area contributed by atoms with E-state index in [9.17, 15) is 9.59 Å². The van der Waals surface area contributed by atoms with Crippen molar-refractivity contribution in [3.63, 3.8) is 0 Å². The summed E-state index contributed by atoms with van der Waals surface area (Å²) in [6.45, 7) is 1.40. The van der Waals surface area contributed by atoms with Gasteiger partial charge in [-0.2, -0.15) is 0 Å². The zero-order valence-electron chi connectivity index (χ0n) is 13.5. The lowest BCUT2D eigenvalue weighted by atomic mass is 9.89. The Bertz CT molecular complexity index is 1040. The average Bonchev–Trinajstić information content (AvgIpc) is 2.60. The molecule has 0 atom stereocenters. The Morgan fingerprint density at radius 2 is 1.96 bits per heavy atom. The summed E-state index contributed by atoms with van der Waals surface area (Å²) < 4.78 is 1.22. The fourth-order valence-corrected chi connectivity index (χ4v) is 3.11. The molecule has 4 rings (SSSR count). The van der Waals surface area contributed by atoms with Gasteiger partial charge >= 0.3 is 0 Å². The van der Waals surface area contributed by atoms with Crippen molar-refractivity contribution in [2.45, 2.75) is 19.8 Å². The topological polar surface area (TPSA) is 68.1 Å². The molecular weight excluding hydrogens is 304 g/mol. The molecule has 6 heteroatoms. The van der Waals surface area contributed by atoms with Crippen LogP contribution in [0, 0.1) is 0 Å². The van der Waals surface area contributed by atoms with E-state index in [4.69, 9.17) is 0 Å². The summed E-state index contributed by atoms with van der Waals surface area (Å²) >= 11 is 0. The van der Waals surface area contributed by atoms with E-state index in [0.717, 1.165) is 29.7 Å². The highest BCUT2D eigenvalue weighted by molar-refractivity contribution is 5.84. The third kappa shape index (κ3) is 2.11. The number of hydrogen-bond donors (Lipinski definition) is 0. The summed E-state index contributed by atoms with van der Waals surface area (Å²) in [7, 11) is 1.54. The van der Waals surface area contributed by atoms with Gasteiger partial charge in [-0.15, -0.1) is 0 Å². The SMILES string of the molecule is CC(=O)N(C)n1cnc2nc3c(cc2c1=O)CCc1ccccc1-3. The van der Waals surface area contributed by atoms with Gasteiger partial charge in [0.2, 0.25) is 5.91 Å². The summed E-state index contributed by atoms with van der Waals surface area (Å²) in [5, 5.41) is 1.67. The van der Waals surface area contributed by atoms with Crippen LogP contribution < -0.4 is 10.6 Å². The number of rotatable bonds is 1. The van der Waals surface area contributed by atoms with Crippen molar-refractivity contribution < 1.29 is 4.79 Å². The van der Waals surface area contributed by atoms with Crippen molar-refractivity contribution in [1.29, 1.82) is 0 Å². The molecular formula is C18H16N4O2. The van der Waals surface area contributed by atoms with Crippen molar-refractivity contribution in [1.82, 2.24) is 14.6 Å². The number of aromatic nitrogens is 3. The molecule has 2 aromatic heterocycles.